The fourth-order valence-electron chi connectivity index (χ4n) is 1.37. The number of rotatable bonds is 3. The summed E-state index contributed by atoms with van der Waals surface area (Å²) in [7, 11) is 0. The molecule has 1 heterocycles. The number of benzene rings is 1. The second-order valence-corrected chi connectivity index (χ2v) is 4.27. The first-order chi connectivity index (χ1) is 7.11. The van der Waals surface area contributed by atoms with E-state index < -0.39 is 0 Å². The average Bonchev–Trinajstić information content (AvgIpc) is 2.58. The molecule has 2 rings (SSSR count). The van der Waals surface area contributed by atoms with Crippen molar-refractivity contribution in [1.29, 1.82) is 0 Å². The van der Waals surface area contributed by atoms with Crippen LogP contribution in [0.25, 0.3) is 11.0 Å². The van der Waals surface area contributed by atoms with Crippen LogP contribution in [0.15, 0.2) is 24.3 Å². The molecule has 0 radical (unpaired) electrons. The standard InChI is InChI=1S/C11H15N3O/c1-11(2,7-15)14-10-12-8-5-3-4-6-9(8)13-10/h3-6,15H,7H2,1-2H3,(H2,12,13,14). The molecule has 0 saturated heterocycles. The normalized spacial score (nSPS) is 11.9. The summed E-state index contributed by atoms with van der Waals surface area (Å²) in [5.74, 6) is 0.690. The second kappa shape index (κ2) is 3.55. The highest BCUT2D eigenvalue weighted by atomic mass is 16.3. The number of nitrogens with zero attached hydrogens (tertiary/aromatic N) is 1. The Hall–Kier alpha value is -1.55. The van der Waals surface area contributed by atoms with E-state index in [9.17, 15) is 0 Å². The van der Waals surface area contributed by atoms with Crippen molar-refractivity contribution in [2.24, 2.45) is 0 Å². The number of nitrogens with one attached hydrogen (secondary N) is 2. The van der Waals surface area contributed by atoms with E-state index in [0.717, 1.165) is 11.0 Å². The van der Waals surface area contributed by atoms with Gasteiger partial charge in [-0.25, -0.2) is 4.98 Å². The largest absolute Gasteiger partial charge is 0.394 e. The molecule has 0 aliphatic carbocycles. The molecular weight excluding hydrogens is 190 g/mol. The molecule has 2 aromatic rings. The van der Waals surface area contributed by atoms with Gasteiger partial charge in [-0.3, -0.25) is 0 Å². The third-order valence-electron chi connectivity index (χ3n) is 2.24. The Labute approximate surface area is 88.3 Å². The number of hydrogen-bond donors (Lipinski definition) is 3. The topological polar surface area (TPSA) is 60.9 Å². The molecule has 4 heteroatoms. The number of H-pyrrole nitrogens is 1. The zero-order valence-corrected chi connectivity index (χ0v) is 8.91. The number of hydrogen-bond acceptors (Lipinski definition) is 3. The fourth-order valence-corrected chi connectivity index (χ4v) is 1.37. The SMILES string of the molecule is CC(C)(CO)Nc1nc2ccccc2[nH]1. The Morgan fingerprint density at radius 3 is 2.80 bits per heavy atom. The predicted molar refractivity (Wildman–Crippen MR) is 60.9 cm³/mol. The summed E-state index contributed by atoms with van der Waals surface area (Å²) in [5, 5.41) is 12.3. The number of imidazole rings is 1. The van der Waals surface area contributed by atoms with Crippen LogP contribution >= 0.6 is 0 Å². The highest BCUT2D eigenvalue weighted by Gasteiger charge is 2.17. The molecule has 0 bridgehead atoms. The van der Waals surface area contributed by atoms with E-state index in [1.54, 1.807) is 0 Å². The van der Waals surface area contributed by atoms with Crippen molar-refractivity contribution in [3.05, 3.63) is 24.3 Å². The molecule has 0 aliphatic heterocycles. The van der Waals surface area contributed by atoms with E-state index in [1.165, 1.54) is 0 Å². The minimum Gasteiger partial charge on any atom is -0.394 e. The van der Waals surface area contributed by atoms with E-state index in [1.807, 2.05) is 38.1 Å². The Morgan fingerprint density at radius 2 is 2.13 bits per heavy atom. The van der Waals surface area contributed by atoms with Gasteiger partial charge < -0.3 is 15.4 Å². The highest BCUT2D eigenvalue weighted by Crippen LogP contribution is 2.16. The van der Waals surface area contributed by atoms with Gasteiger partial charge in [-0.2, -0.15) is 0 Å². The van der Waals surface area contributed by atoms with Crippen LogP contribution in [0.3, 0.4) is 0 Å². The van der Waals surface area contributed by atoms with E-state index in [2.05, 4.69) is 15.3 Å². The minimum absolute atomic E-state index is 0.0596. The zero-order chi connectivity index (χ0) is 10.9. The van der Waals surface area contributed by atoms with Gasteiger partial charge in [0.05, 0.1) is 23.2 Å². The first-order valence-corrected chi connectivity index (χ1v) is 4.94. The zero-order valence-electron chi connectivity index (χ0n) is 8.91. The van der Waals surface area contributed by atoms with Crippen molar-refractivity contribution in [1.82, 2.24) is 9.97 Å². The summed E-state index contributed by atoms with van der Waals surface area (Å²) in [6.45, 7) is 3.89. The molecule has 3 N–H and O–H groups in total. The second-order valence-electron chi connectivity index (χ2n) is 4.27. The Balaban J connectivity index is 2.30. The summed E-state index contributed by atoms with van der Waals surface area (Å²) in [4.78, 5) is 7.52. The number of para-hydroxylation sites is 2. The fraction of sp³-hybridized carbons (Fsp3) is 0.364. The number of aliphatic hydroxyl groups excluding tert-OH is 1. The number of aromatic nitrogens is 2. The third-order valence-corrected chi connectivity index (χ3v) is 2.24. The maximum Gasteiger partial charge on any atom is 0.201 e. The summed E-state index contributed by atoms with van der Waals surface area (Å²) >= 11 is 0. The first-order valence-electron chi connectivity index (χ1n) is 4.94. The van der Waals surface area contributed by atoms with Gasteiger partial charge >= 0.3 is 0 Å². The molecule has 4 nitrogen and oxygen atoms in total. The van der Waals surface area contributed by atoms with Crippen molar-refractivity contribution < 1.29 is 5.11 Å². The van der Waals surface area contributed by atoms with E-state index in [-0.39, 0.29) is 12.1 Å². The van der Waals surface area contributed by atoms with Gasteiger partial charge in [0.1, 0.15) is 0 Å². The van der Waals surface area contributed by atoms with Crippen LogP contribution in [0.5, 0.6) is 0 Å². The Bertz CT molecular complexity index is 429. The molecule has 0 aliphatic rings. The maximum absolute atomic E-state index is 9.13. The highest BCUT2D eigenvalue weighted by molar-refractivity contribution is 5.77. The molecule has 0 amide bonds. The van der Waals surface area contributed by atoms with Crippen LogP contribution in [0.4, 0.5) is 5.95 Å². The summed E-state index contributed by atoms with van der Waals surface area (Å²) < 4.78 is 0. The van der Waals surface area contributed by atoms with E-state index in [0.29, 0.717) is 5.95 Å². The lowest BCUT2D eigenvalue weighted by atomic mass is 10.1. The van der Waals surface area contributed by atoms with Gasteiger partial charge in [-0.05, 0) is 26.0 Å². The van der Waals surface area contributed by atoms with Crippen molar-refractivity contribution in [2.75, 3.05) is 11.9 Å². The molecule has 1 aromatic carbocycles. The quantitative estimate of drug-likeness (QED) is 0.715. The average molecular weight is 205 g/mol. The molecule has 0 saturated carbocycles. The summed E-state index contributed by atoms with van der Waals surface area (Å²) in [5.41, 5.74) is 1.55. The van der Waals surface area contributed by atoms with Crippen LogP contribution in [-0.4, -0.2) is 27.2 Å². The van der Waals surface area contributed by atoms with Crippen molar-refractivity contribution in [2.45, 2.75) is 19.4 Å². The maximum atomic E-state index is 9.13. The lowest BCUT2D eigenvalue weighted by molar-refractivity contribution is 0.233. The molecule has 0 unspecified atom stereocenters. The molecule has 0 atom stereocenters. The predicted octanol–water partition coefficient (Wildman–Crippen LogP) is 1.75. The summed E-state index contributed by atoms with van der Waals surface area (Å²) in [6.07, 6.45) is 0. The number of aliphatic hydroxyl groups is 1. The Kier molecular flexibility index (Phi) is 2.36. The molecular formula is C11H15N3O. The smallest absolute Gasteiger partial charge is 0.201 e. The molecule has 0 spiro atoms. The van der Waals surface area contributed by atoms with Crippen LogP contribution < -0.4 is 5.32 Å². The van der Waals surface area contributed by atoms with Gasteiger partial charge in [0.25, 0.3) is 0 Å². The van der Waals surface area contributed by atoms with E-state index in [4.69, 9.17) is 5.11 Å². The van der Waals surface area contributed by atoms with E-state index >= 15 is 0 Å². The van der Waals surface area contributed by atoms with Gasteiger partial charge in [-0.15, -0.1) is 0 Å². The number of aromatic amines is 1. The lowest BCUT2D eigenvalue weighted by Crippen LogP contribution is -2.35. The first kappa shape index (κ1) is 9.98. The van der Waals surface area contributed by atoms with Gasteiger partial charge in [0, 0.05) is 0 Å². The molecule has 80 valence electrons. The van der Waals surface area contributed by atoms with Crippen LogP contribution in [0, 0.1) is 0 Å². The number of fused-ring (bicyclic) bond motifs is 1. The number of anilines is 1. The molecule has 1 aromatic heterocycles. The molecule has 0 fully saturated rings. The third kappa shape index (κ3) is 2.10. The Morgan fingerprint density at radius 1 is 1.40 bits per heavy atom. The van der Waals surface area contributed by atoms with Crippen LogP contribution in [0.2, 0.25) is 0 Å². The molecule has 15 heavy (non-hydrogen) atoms. The minimum atomic E-state index is -0.367. The monoisotopic (exact) mass is 205 g/mol. The van der Waals surface area contributed by atoms with Gasteiger partial charge in [0.2, 0.25) is 5.95 Å². The van der Waals surface area contributed by atoms with Crippen molar-refractivity contribution in [3.63, 3.8) is 0 Å². The van der Waals surface area contributed by atoms with Crippen molar-refractivity contribution >= 4 is 17.0 Å². The van der Waals surface area contributed by atoms with Crippen molar-refractivity contribution in [3.8, 4) is 0 Å². The summed E-state index contributed by atoms with van der Waals surface area (Å²) in [6, 6.07) is 7.83. The lowest BCUT2D eigenvalue weighted by Gasteiger charge is -2.22. The van der Waals surface area contributed by atoms with Gasteiger partial charge in [0.15, 0.2) is 0 Å². The van der Waals surface area contributed by atoms with Crippen LogP contribution in [0.1, 0.15) is 13.8 Å². The van der Waals surface area contributed by atoms with Crippen LogP contribution in [-0.2, 0) is 0 Å². The van der Waals surface area contributed by atoms with Gasteiger partial charge in [-0.1, -0.05) is 12.1 Å².